The van der Waals surface area contributed by atoms with E-state index < -0.39 is 0 Å². The third-order valence-electron chi connectivity index (χ3n) is 3.81. The molecule has 0 unspecified atom stereocenters. The first-order valence-electron chi connectivity index (χ1n) is 7.74. The number of amidine groups is 1. The number of benzene rings is 1. The number of methoxy groups -OCH3 is 1. The Morgan fingerprint density at radius 3 is 2.92 bits per heavy atom. The van der Waals surface area contributed by atoms with Gasteiger partial charge in [0.1, 0.15) is 5.75 Å². The van der Waals surface area contributed by atoms with E-state index in [0.717, 1.165) is 22.3 Å². The molecule has 6 nitrogen and oxygen atoms in total. The van der Waals surface area contributed by atoms with Crippen LogP contribution in [0.15, 0.2) is 51.8 Å². The van der Waals surface area contributed by atoms with Crippen molar-refractivity contribution in [3.8, 4) is 5.75 Å². The second kappa shape index (κ2) is 6.89. The van der Waals surface area contributed by atoms with Crippen LogP contribution in [0.4, 0.5) is 5.13 Å². The smallest absolute Gasteiger partial charge is 0.266 e. The Kier molecular flexibility index (Phi) is 4.44. The van der Waals surface area contributed by atoms with Gasteiger partial charge in [0.15, 0.2) is 5.17 Å². The summed E-state index contributed by atoms with van der Waals surface area (Å²) in [4.78, 5) is 27.8. The molecule has 26 heavy (non-hydrogen) atoms. The van der Waals surface area contributed by atoms with Crippen LogP contribution in [0, 0.1) is 0 Å². The maximum atomic E-state index is 12.5. The van der Waals surface area contributed by atoms with Crippen LogP contribution in [0.2, 0.25) is 0 Å². The molecule has 3 heterocycles. The number of carbonyl (C=O) groups is 1. The SMILES string of the molecule is COc1ccc2nc(C=C3SC(=Nc4nccs4)N(C)C3=O)ccc2c1. The van der Waals surface area contributed by atoms with Crippen LogP contribution in [-0.4, -0.2) is 40.1 Å². The third kappa shape index (κ3) is 3.21. The van der Waals surface area contributed by atoms with E-state index in [1.54, 1.807) is 26.4 Å². The molecule has 1 aromatic carbocycles. The molecule has 0 N–H and O–H groups in total. The standard InChI is InChI=1S/C18H14N4O2S2/c1-22-16(23)15(26-18(22)21-17-19-7-8-25-17)10-12-4-3-11-9-13(24-2)5-6-14(11)20-12/h3-10H,1-2H3. The Balaban J connectivity index is 1.65. The van der Waals surface area contributed by atoms with E-state index in [2.05, 4.69) is 15.0 Å². The minimum Gasteiger partial charge on any atom is -0.497 e. The number of carbonyl (C=O) groups excluding carboxylic acids is 1. The minimum atomic E-state index is -0.0954. The number of thioether (sulfide) groups is 1. The van der Waals surface area contributed by atoms with Gasteiger partial charge in [0.25, 0.3) is 5.91 Å². The number of thiazole rings is 1. The van der Waals surface area contributed by atoms with Crippen molar-refractivity contribution in [2.75, 3.05) is 14.2 Å². The zero-order chi connectivity index (χ0) is 18.1. The topological polar surface area (TPSA) is 67.7 Å². The molecule has 0 atom stereocenters. The molecule has 1 aliphatic rings. The number of hydrogen-bond acceptors (Lipinski definition) is 7. The van der Waals surface area contributed by atoms with Gasteiger partial charge in [-0.05, 0) is 42.1 Å². The second-order valence-electron chi connectivity index (χ2n) is 5.48. The molecule has 1 saturated heterocycles. The van der Waals surface area contributed by atoms with E-state index >= 15 is 0 Å². The summed E-state index contributed by atoms with van der Waals surface area (Å²) < 4.78 is 5.23. The van der Waals surface area contributed by atoms with E-state index in [9.17, 15) is 4.79 Å². The Hall–Kier alpha value is -2.71. The molecule has 0 aliphatic carbocycles. The van der Waals surface area contributed by atoms with Gasteiger partial charge in [-0.3, -0.25) is 9.69 Å². The van der Waals surface area contributed by atoms with Gasteiger partial charge in [-0.1, -0.05) is 6.07 Å². The molecule has 1 aliphatic heterocycles. The maximum Gasteiger partial charge on any atom is 0.266 e. The summed E-state index contributed by atoms with van der Waals surface area (Å²) in [7, 11) is 3.35. The monoisotopic (exact) mass is 382 g/mol. The summed E-state index contributed by atoms with van der Waals surface area (Å²) in [6, 6.07) is 9.56. The van der Waals surface area contributed by atoms with Crippen LogP contribution in [-0.2, 0) is 4.79 Å². The average molecular weight is 382 g/mol. The van der Waals surface area contributed by atoms with Crippen molar-refractivity contribution < 1.29 is 9.53 Å². The summed E-state index contributed by atoms with van der Waals surface area (Å²) in [6.45, 7) is 0. The number of pyridine rings is 1. The first-order chi connectivity index (χ1) is 12.6. The zero-order valence-corrected chi connectivity index (χ0v) is 15.7. The van der Waals surface area contributed by atoms with Crippen molar-refractivity contribution in [1.29, 1.82) is 0 Å². The molecule has 1 fully saturated rings. The second-order valence-corrected chi connectivity index (χ2v) is 7.36. The van der Waals surface area contributed by atoms with Crippen molar-refractivity contribution in [2.45, 2.75) is 0 Å². The van der Waals surface area contributed by atoms with Gasteiger partial charge in [0.05, 0.1) is 23.2 Å². The van der Waals surface area contributed by atoms with E-state index in [-0.39, 0.29) is 5.91 Å². The predicted octanol–water partition coefficient (Wildman–Crippen LogP) is 3.93. The minimum absolute atomic E-state index is 0.0954. The van der Waals surface area contributed by atoms with Crippen LogP contribution in [0.5, 0.6) is 5.75 Å². The lowest BCUT2D eigenvalue weighted by Gasteiger charge is -2.05. The predicted molar refractivity (Wildman–Crippen MR) is 106 cm³/mol. The zero-order valence-electron chi connectivity index (χ0n) is 14.0. The van der Waals surface area contributed by atoms with Gasteiger partial charge in [0, 0.05) is 24.0 Å². The van der Waals surface area contributed by atoms with Gasteiger partial charge < -0.3 is 4.74 Å². The van der Waals surface area contributed by atoms with Crippen molar-refractivity contribution in [3.05, 3.63) is 52.5 Å². The highest BCUT2D eigenvalue weighted by Crippen LogP contribution is 2.33. The van der Waals surface area contributed by atoms with Gasteiger partial charge in [-0.2, -0.15) is 4.99 Å². The van der Waals surface area contributed by atoms with Gasteiger partial charge >= 0.3 is 0 Å². The molecule has 0 saturated carbocycles. The van der Waals surface area contributed by atoms with Crippen molar-refractivity contribution in [1.82, 2.24) is 14.9 Å². The molecule has 8 heteroatoms. The maximum absolute atomic E-state index is 12.5. The highest BCUT2D eigenvalue weighted by molar-refractivity contribution is 8.18. The van der Waals surface area contributed by atoms with Crippen LogP contribution in [0.1, 0.15) is 5.69 Å². The summed E-state index contributed by atoms with van der Waals surface area (Å²) in [6.07, 6.45) is 3.48. The highest BCUT2D eigenvalue weighted by Gasteiger charge is 2.30. The Morgan fingerprint density at radius 2 is 2.15 bits per heavy atom. The van der Waals surface area contributed by atoms with Crippen LogP contribution < -0.4 is 4.74 Å². The van der Waals surface area contributed by atoms with Crippen molar-refractivity contribution in [2.24, 2.45) is 4.99 Å². The fraction of sp³-hybridized carbons (Fsp3) is 0.111. The summed E-state index contributed by atoms with van der Waals surface area (Å²) >= 11 is 2.76. The number of amides is 1. The lowest BCUT2D eigenvalue weighted by molar-refractivity contribution is -0.121. The lowest BCUT2D eigenvalue weighted by atomic mass is 10.2. The van der Waals surface area contributed by atoms with Crippen LogP contribution in [0.25, 0.3) is 17.0 Å². The Bertz CT molecular complexity index is 1040. The molecule has 2 aromatic heterocycles. The third-order valence-corrected chi connectivity index (χ3v) is 5.54. The number of hydrogen-bond donors (Lipinski definition) is 0. The fourth-order valence-corrected chi connectivity index (χ4v) is 3.98. The molecule has 0 spiro atoms. The number of aliphatic imine (C=N–C) groups is 1. The molecule has 3 aromatic rings. The average Bonchev–Trinajstić information content (AvgIpc) is 3.26. The van der Waals surface area contributed by atoms with Gasteiger partial charge in [-0.15, -0.1) is 11.3 Å². The molecular formula is C18H14N4O2S2. The van der Waals surface area contributed by atoms with Crippen LogP contribution in [0.3, 0.4) is 0 Å². The molecule has 130 valence electrons. The molecule has 1 amide bonds. The molecule has 0 radical (unpaired) electrons. The largest absolute Gasteiger partial charge is 0.497 e. The molecule has 4 rings (SSSR count). The lowest BCUT2D eigenvalue weighted by Crippen LogP contribution is -2.23. The summed E-state index contributed by atoms with van der Waals surface area (Å²) in [5.41, 5.74) is 1.57. The quantitative estimate of drug-likeness (QED) is 0.642. The van der Waals surface area contributed by atoms with Gasteiger partial charge in [-0.25, -0.2) is 9.97 Å². The summed E-state index contributed by atoms with van der Waals surface area (Å²) in [5, 5.41) is 4.08. The van der Waals surface area contributed by atoms with E-state index in [1.807, 2.05) is 35.7 Å². The fourth-order valence-electron chi connectivity index (χ4n) is 2.47. The van der Waals surface area contributed by atoms with Crippen LogP contribution >= 0.6 is 23.1 Å². The summed E-state index contributed by atoms with van der Waals surface area (Å²) in [5.74, 6) is 0.693. The van der Waals surface area contributed by atoms with E-state index in [1.165, 1.54) is 28.0 Å². The number of fused-ring (bicyclic) bond motifs is 1. The van der Waals surface area contributed by atoms with E-state index in [4.69, 9.17) is 4.74 Å². The number of ether oxygens (including phenoxy) is 1. The Morgan fingerprint density at radius 1 is 1.27 bits per heavy atom. The van der Waals surface area contributed by atoms with E-state index in [0.29, 0.717) is 15.2 Å². The molecular weight excluding hydrogens is 368 g/mol. The first-order valence-corrected chi connectivity index (χ1v) is 9.44. The first kappa shape index (κ1) is 16.7. The van der Waals surface area contributed by atoms with Gasteiger partial charge in [0.2, 0.25) is 5.13 Å². The highest BCUT2D eigenvalue weighted by atomic mass is 32.2. The van der Waals surface area contributed by atoms with Crippen molar-refractivity contribution in [3.63, 3.8) is 0 Å². The Labute approximate surface area is 158 Å². The number of rotatable bonds is 3. The number of likely N-dealkylation sites (N-methyl/N-ethyl adjacent to an activating group) is 1. The molecule has 0 bridgehead atoms. The number of nitrogens with zero attached hydrogens (tertiary/aromatic N) is 4. The number of aromatic nitrogens is 2. The van der Waals surface area contributed by atoms with Crippen molar-refractivity contribution >= 4 is 56.3 Å². The normalized spacial score (nSPS) is 17.6.